The minimum Gasteiger partial charge on any atom is -0.469 e. The number of hydrogen-bond donors (Lipinski definition) is 1. The first-order chi connectivity index (χ1) is 14.7. The zero-order valence-corrected chi connectivity index (χ0v) is 18.2. The summed E-state index contributed by atoms with van der Waals surface area (Å²) in [5.41, 5.74) is -2.27. The summed E-state index contributed by atoms with van der Waals surface area (Å²) in [6.07, 6.45) is 0. The Morgan fingerprint density at radius 1 is 1.03 bits per heavy atom. The molecule has 0 bridgehead atoms. The maximum atomic E-state index is 13.6. The molecule has 0 aliphatic carbocycles. The number of esters is 4. The van der Waals surface area contributed by atoms with Gasteiger partial charge in [0, 0.05) is 11.1 Å². The summed E-state index contributed by atoms with van der Waals surface area (Å²) >= 11 is 6.18. The minimum absolute atomic E-state index is 0.0986. The van der Waals surface area contributed by atoms with Gasteiger partial charge in [0.15, 0.2) is 0 Å². The van der Waals surface area contributed by atoms with Crippen molar-refractivity contribution in [2.24, 2.45) is 11.8 Å². The van der Waals surface area contributed by atoms with Crippen molar-refractivity contribution in [1.29, 1.82) is 0 Å². The molecule has 0 unspecified atom stereocenters. The standard InChI is InChI=1S/C20H23ClFNO8/c1-5-30-18(26)20(19(27)31-6-2)14(17(25)29-4)13(16(24)28-3)15(23-20)11-8-7-10(22)9-12(11)21/h7-9,13-15,23H,5-6H2,1-4H3/t13-,14-,15-/m1/s1. The molecule has 0 saturated carbocycles. The van der Waals surface area contributed by atoms with E-state index in [4.69, 9.17) is 30.5 Å². The fourth-order valence-corrected chi connectivity index (χ4v) is 4.00. The normalized spacial score (nSPS) is 21.8. The van der Waals surface area contributed by atoms with E-state index in [1.165, 1.54) is 19.9 Å². The second-order valence-electron chi connectivity index (χ2n) is 6.59. The van der Waals surface area contributed by atoms with Crippen LogP contribution in [0.5, 0.6) is 0 Å². The molecule has 1 aliphatic heterocycles. The van der Waals surface area contributed by atoms with Gasteiger partial charge in [0.2, 0.25) is 5.54 Å². The third-order valence-electron chi connectivity index (χ3n) is 4.99. The van der Waals surface area contributed by atoms with Crippen molar-refractivity contribution in [3.05, 3.63) is 34.6 Å². The topological polar surface area (TPSA) is 117 Å². The summed E-state index contributed by atoms with van der Waals surface area (Å²) in [4.78, 5) is 51.7. The number of nitrogens with one attached hydrogen (secondary N) is 1. The fraction of sp³-hybridized carbons (Fsp3) is 0.500. The molecule has 1 fully saturated rings. The van der Waals surface area contributed by atoms with Crippen LogP contribution in [-0.4, -0.2) is 56.8 Å². The lowest BCUT2D eigenvalue weighted by Gasteiger charge is -2.30. The molecule has 1 aromatic rings. The monoisotopic (exact) mass is 459 g/mol. The van der Waals surface area contributed by atoms with Crippen molar-refractivity contribution >= 4 is 35.5 Å². The molecule has 1 aliphatic rings. The quantitative estimate of drug-likeness (QED) is 0.368. The highest BCUT2D eigenvalue weighted by Gasteiger charge is 2.70. The molecule has 9 nitrogen and oxygen atoms in total. The fourth-order valence-electron chi connectivity index (χ4n) is 3.72. The van der Waals surface area contributed by atoms with Crippen LogP contribution in [0.4, 0.5) is 4.39 Å². The Morgan fingerprint density at radius 2 is 1.58 bits per heavy atom. The van der Waals surface area contributed by atoms with Crippen molar-refractivity contribution in [2.75, 3.05) is 27.4 Å². The number of carbonyl (C=O) groups is 4. The number of hydrogen-bond acceptors (Lipinski definition) is 9. The van der Waals surface area contributed by atoms with Gasteiger partial charge >= 0.3 is 23.9 Å². The van der Waals surface area contributed by atoms with Crippen molar-refractivity contribution in [2.45, 2.75) is 25.4 Å². The molecule has 1 aromatic carbocycles. The molecule has 0 radical (unpaired) electrons. The Kier molecular flexibility index (Phi) is 7.96. The molecular formula is C20H23ClFNO8. The maximum absolute atomic E-state index is 13.6. The van der Waals surface area contributed by atoms with E-state index in [1.807, 2.05) is 0 Å². The molecule has 170 valence electrons. The molecular weight excluding hydrogens is 437 g/mol. The average molecular weight is 460 g/mol. The predicted molar refractivity (Wildman–Crippen MR) is 104 cm³/mol. The van der Waals surface area contributed by atoms with Crippen molar-refractivity contribution in [3.8, 4) is 0 Å². The van der Waals surface area contributed by atoms with Crippen molar-refractivity contribution in [1.82, 2.24) is 5.32 Å². The van der Waals surface area contributed by atoms with Gasteiger partial charge in [-0.15, -0.1) is 0 Å². The van der Waals surface area contributed by atoms with E-state index in [2.05, 4.69) is 5.32 Å². The molecule has 11 heteroatoms. The summed E-state index contributed by atoms with van der Waals surface area (Å²) in [7, 11) is 2.12. The van der Waals surface area contributed by atoms with E-state index in [1.54, 1.807) is 0 Å². The number of methoxy groups -OCH3 is 2. The summed E-state index contributed by atoms with van der Waals surface area (Å²) < 4.78 is 33.4. The van der Waals surface area contributed by atoms with Gasteiger partial charge in [-0.2, -0.15) is 0 Å². The number of benzene rings is 1. The second kappa shape index (κ2) is 10.1. The van der Waals surface area contributed by atoms with Gasteiger partial charge in [-0.25, -0.2) is 14.0 Å². The van der Waals surface area contributed by atoms with Crippen LogP contribution >= 0.6 is 11.6 Å². The zero-order valence-electron chi connectivity index (χ0n) is 17.4. The number of carbonyl (C=O) groups excluding carboxylic acids is 4. The first-order valence-corrected chi connectivity index (χ1v) is 9.80. The van der Waals surface area contributed by atoms with Crippen LogP contribution in [0.25, 0.3) is 0 Å². The van der Waals surface area contributed by atoms with Crippen LogP contribution in [0.2, 0.25) is 5.02 Å². The van der Waals surface area contributed by atoms with E-state index < -0.39 is 53.1 Å². The lowest BCUT2D eigenvalue weighted by atomic mass is 9.77. The van der Waals surface area contributed by atoms with Crippen LogP contribution < -0.4 is 5.32 Å². The van der Waals surface area contributed by atoms with Gasteiger partial charge < -0.3 is 18.9 Å². The highest BCUT2D eigenvalue weighted by Crippen LogP contribution is 2.47. The van der Waals surface area contributed by atoms with Crippen LogP contribution in [0.3, 0.4) is 0 Å². The maximum Gasteiger partial charge on any atom is 0.339 e. The van der Waals surface area contributed by atoms with Crippen LogP contribution in [0.15, 0.2) is 18.2 Å². The summed E-state index contributed by atoms with van der Waals surface area (Å²) in [6, 6.07) is 2.14. The van der Waals surface area contributed by atoms with Gasteiger partial charge in [0.05, 0.1) is 33.4 Å². The summed E-state index contributed by atoms with van der Waals surface area (Å²) in [5.74, 6) is -8.07. The van der Waals surface area contributed by atoms with Crippen molar-refractivity contribution < 1.29 is 42.5 Å². The molecule has 1 heterocycles. The van der Waals surface area contributed by atoms with Gasteiger partial charge in [-0.3, -0.25) is 14.9 Å². The highest BCUT2D eigenvalue weighted by atomic mass is 35.5. The SMILES string of the molecule is CCOC(=O)C1(C(=O)OCC)N[C@H](c2ccc(F)cc2Cl)[C@H](C(=O)OC)[C@@H]1C(=O)OC. The largest absolute Gasteiger partial charge is 0.469 e. The molecule has 0 aromatic heterocycles. The zero-order chi connectivity index (χ0) is 23.3. The summed E-state index contributed by atoms with van der Waals surface area (Å²) in [6.45, 7) is 2.76. The smallest absolute Gasteiger partial charge is 0.339 e. The average Bonchev–Trinajstić information content (AvgIpc) is 3.10. The van der Waals surface area contributed by atoms with Gasteiger partial charge in [-0.05, 0) is 31.5 Å². The Balaban J connectivity index is 2.81. The Labute approximate surface area is 183 Å². The first kappa shape index (κ1) is 24.5. The summed E-state index contributed by atoms with van der Waals surface area (Å²) in [5, 5.41) is 2.62. The van der Waals surface area contributed by atoms with E-state index >= 15 is 0 Å². The molecule has 3 atom stereocenters. The number of halogens is 2. The number of rotatable bonds is 7. The van der Waals surface area contributed by atoms with E-state index in [9.17, 15) is 23.6 Å². The molecule has 0 spiro atoms. The molecule has 31 heavy (non-hydrogen) atoms. The van der Waals surface area contributed by atoms with Crippen LogP contribution in [0, 0.1) is 17.7 Å². The lowest BCUT2D eigenvalue weighted by molar-refractivity contribution is -0.175. The minimum atomic E-state index is -2.43. The lowest BCUT2D eigenvalue weighted by Crippen LogP contribution is -2.62. The second-order valence-corrected chi connectivity index (χ2v) is 6.99. The van der Waals surface area contributed by atoms with Crippen LogP contribution in [-0.2, 0) is 38.1 Å². The van der Waals surface area contributed by atoms with Gasteiger partial charge in [0.1, 0.15) is 11.7 Å². The molecule has 1 N–H and O–H groups in total. The van der Waals surface area contributed by atoms with E-state index in [0.29, 0.717) is 0 Å². The molecule has 1 saturated heterocycles. The number of ether oxygens (including phenoxy) is 4. The third-order valence-corrected chi connectivity index (χ3v) is 5.32. The van der Waals surface area contributed by atoms with E-state index in [0.717, 1.165) is 26.4 Å². The Morgan fingerprint density at radius 3 is 2.03 bits per heavy atom. The first-order valence-electron chi connectivity index (χ1n) is 9.42. The Hall–Kier alpha value is -2.72. The highest BCUT2D eigenvalue weighted by molar-refractivity contribution is 6.31. The van der Waals surface area contributed by atoms with Crippen molar-refractivity contribution in [3.63, 3.8) is 0 Å². The molecule has 2 rings (SSSR count). The van der Waals surface area contributed by atoms with Crippen LogP contribution in [0.1, 0.15) is 25.5 Å². The third kappa shape index (κ3) is 4.35. The van der Waals surface area contributed by atoms with Gasteiger partial charge in [0.25, 0.3) is 0 Å². The Bertz CT molecular complexity index is 859. The van der Waals surface area contributed by atoms with Gasteiger partial charge in [-0.1, -0.05) is 17.7 Å². The van der Waals surface area contributed by atoms with E-state index in [-0.39, 0.29) is 23.8 Å². The molecule has 0 amide bonds. The predicted octanol–water partition coefficient (Wildman–Crippen LogP) is 1.57.